The van der Waals surface area contributed by atoms with Crippen molar-refractivity contribution in [2.75, 3.05) is 5.73 Å². The van der Waals surface area contributed by atoms with E-state index in [0.717, 1.165) is 5.56 Å². The first kappa shape index (κ1) is 8.59. The van der Waals surface area contributed by atoms with Crippen molar-refractivity contribution in [3.8, 4) is 0 Å². The molecule has 0 aliphatic carbocycles. The highest BCUT2D eigenvalue weighted by Gasteiger charge is 1.99. The number of anilines is 1. The zero-order chi connectivity index (χ0) is 8.97. The number of hydrogen-bond donors (Lipinski definition) is 2. The van der Waals surface area contributed by atoms with Gasteiger partial charge in [0.1, 0.15) is 0 Å². The summed E-state index contributed by atoms with van der Waals surface area (Å²) < 4.78 is 0. The van der Waals surface area contributed by atoms with Crippen LogP contribution in [0.25, 0.3) is 0 Å². The summed E-state index contributed by atoms with van der Waals surface area (Å²) in [5, 5.41) is 11.8. The van der Waals surface area contributed by atoms with Crippen LogP contribution in [0.1, 0.15) is 18.9 Å². The fourth-order valence-corrected chi connectivity index (χ4v) is 1.01. The molecule has 64 valence electrons. The number of nitrogens with zero attached hydrogens (tertiary/aromatic N) is 1. The minimum atomic E-state index is 0.676. The number of rotatable bonds is 2. The second-order valence-corrected chi connectivity index (χ2v) is 2.52. The second-order valence-electron chi connectivity index (χ2n) is 2.52. The third-order valence-corrected chi connectivity index (χ3v) is 1.70. The maximum Gasteiger partial charge on any atom is 0.0865 e. The summed E-state index contributed by atoms with van der Waals surface area (Å²) >= 11 is 0. The van der Waals surface area contributed by atoms with Crippen LogP contribution in [0.3, 0.4) is 0 Å². The van der Waals surface area contributed by atoms with Crippen LogP contribution in [0, 0.1) is 0 Å². The van der Waals surface area contributed by atoms with Crippen molar-refractivity contribution in [3.05, 3.63) is 29.8 Å². The van der Waals surface area contributed by atoms with E-state index >= 15 is 0 Å². The Morgan fingerprint density at radius 1 is 1.42 bits per heavy atom. The van der Waals surface area contributed by atoms with Gasteiger partial charge in [-0.25, -0.2) is 0 Å². The average Bonchev–Trinajstić information content (AvgIpc) is 2.10. The summed E-state index contributed by atoms with van der Waals surface area (Å²) in [4.78, 5) is 0. The smallest absolute Gasteiger partial charge is 0.0865 e. The van der Waals surface area contributed by atoms with Crippen LogP contribution in [-0.2, 0) is 0 Å². The minimum Gasteiger partial charge on any atom is -0.411 e. The Morgan fingerprint density at radius 3 is 2.42 bits per heavy atom. The van der Waals surface area contributed by atoms with Crippen molar-refractivity contribution in [1.82, 2.24) is 0 Å². The Labute approximate surface area is 71.5 Å². The summed E-state index contributed by atoms with van der Waals surface area (Å²) in [5.74, 6) is 0. The summed E-state index contributed by atoms with van der Waals surface area (Å²) in [6.45, 7) is 1.94. The molecule has 0 heterocycles. The molecule has 0 aliphatic heterocycles. The molecule has 0 atom stereocenters. The molecule has 1 rings (SSSR count). The van der Waals surface area contributed by atoms with Gasteiger partial charge in [-0.05, 0) is 24.1 Å². The fraction of sp³-hybridized carbons (Fsp3) is 0.222. The van der Waals surface area contributed by atoms with E-state index in [1.165, 1.54) is 0 Å². The summed E-state index contributed by atoms with van der Waals surface area (Å²) in [7, 11) is 0. The van der Waals surface area contributed by atoms with Gasteiger partial charge in [0.15, 0.2) is 0 Å². The molecule has 0 saturated carbocycles. The van der Waals surface area contributed by atoms with Gasteiger partial charge in [-0.3, -0.25) is 0 Å². The van der Waals surface area contributed by atoms with Crippen LogP contribution in [0.2, 0.25) is 0 Å². The highest BCUT2D eigenvalue weighted by Crippen LogP contribution is 2.08. The Balaban J connectivity index is 2.96. The third-order valence-electron chi connectivity index (χ3n) is 1.70. The predicted octanol–water partition coefficient (Wildman–Crippen LogP) is 1.86. The van der Waals surface area contributed by atoms with Gasteiger partial charge in [-0.1, -0.05) is 24.2 Å². The molecule has 1 aromatic rings. The lowest BCUT2D eigenvalue weighted by Crippen LogP contribution is -1.98. The molecule has 1 aromatic carbocycles. The number of oxime groups is 1. The summed E-state index contributed by atoms with van der Waals surface area (Å²) in [6, 6.07) is 7.26. The van der Waals surface area contributed by atoms with Gasteiger partial charge in [-0.2, -0.15) is 0 Å². The summed E-state index contributed by atoms with van der Waals surface area (Å²) in [6.07, 6.45) is 0.709. The van der Waals surface area contributed by atoms with Crippen LogP contribution in [0.4, 0.5) is 5.69 Å². The largest absolute Gasteiger partial charge is 0.411 e. The highest BCUT2D eigenvalue weighted by molar-refractivity contribution is 6.00. The molecule has 3 N–H and O–H groups in total. The number of benzene rings is 1. The van der Waals surface area contributed by atoms with Crippen molar-refractivity contribution < 1.29 is 5.21 Å². The molecular formula is C9H12N2O. The Hall–Kier alpha value is -1.51. The zero-order valence-electron chi connectivity index (χ0n) is 6.99. The lowest BCUT2D eigenvalue weighted by atomic mass is 10.1. The summed E-state index contributed by atoms with van der Waals surface area (Å²) in [5.41, 5.74) is 7.81. The Bertz CT molecular complexity index is 277. The predicted molar refractivity (Wildman–Crippen MR) is 49.5 cm³/mol. The van der Waals surface area contributed by atoms with Crippen LogP contribution in [-0.4, -0.2) is 10.9 Å². The molecule has 0 saturated heterocycles. The molecule has 0 aliphatic rings. The Morgan fingerprint density at radius 2 is 2.00 bits per heavy atom. The van der Waals surface area contributed by atoms with Gasteiger partial charge in [-0.15, -0.1) is 0 Å². The zero-order valence-corrected chi connectivity index (χ0v) is 6.99. The third kappa shape index (κ3) is 1.75. The van der Waals surface area contributed by atoms with Gasteiger partial charge in [0.2, 0.25) is 0 Å². The normalized spacial score (nSPS) is 11.6. The van der Waals surface area contributed by atoms with E-state index in [9.17, 15) is 0 Å². The Kier molecular flexibility index (Phi) is 2.69. The molecule has 0 bridgehead atoms. The quantitative estimate of drug-likeness (QED) is 0.303. The molecule has 0 amide bonds. The topological polar surface area (TPSA) is 58.6 Å². The lowest BCUT2D eigenvalue weighted by molar-refractivity contribution is 0.318. The van der Waals surface area contributed by atoms with Crippen molar-refractivity contribution in [3.63, 3.8) is 0 Å². The van der Waals surface area contributed by atoms with E-state index in [1.54, 1.807) is 12.1 Å². The lowest BCUT2D eigenvalue weighted by Gasteiger charge is -2.00. The standard InChI is InChI=1S/C9H12N2O/c1-2-9(11-12)7-3-5-8(10)6-4-7/h3-6,12H,2,10H2,1H3/b11-9-. The maximum atomic E-state index is 8.61. The fourth-order valence-electron chi connectivity index (χ4n) is 1.01. The first-order chi connectivity index (χ1) is 5.77. The van der Waals surface area contributed by atoms with E-state index in [2.05, 4.69) is 5.16 Å². The average molecular weight is 164 g/mol. The van der Waals surface area contributed by atoms with Gasteiger partial charge >= 0.3 is 0 Å². The van der Waals surface area contributed by atoms with E-state index in [0.29, 0.717) is 17.8 Å². The van der Waals surface area contributed by atoms with E-state index in [1.807, 2.05) is 19.1 Å². The van der Waals surface area contributed by atoms with Crippen molar-refractivity contribution in [2.45, 2.75) is 13.3 Å². The molecule has 3 heteroatoms. The minimum absolute atomic E-state index is 0.676. The highest BCUT2D eigenvalue weighted by atomic mass is 16.4. The second kappa shape index (κ2) is 3.76. The molecule has 3 nitrogen and oxygen atoms in total. The van der Waals surface area contributed by atoms with Gasteiger partial charge in [0, 0.05) is 5.69 Å². The van der Waals surface area contributed by atoms with Gasteiger partial charge in [0.05, 0.1) is 5.71 Å². The van der Waals surface area contributed by atoms with Crippen molar-refractivity contribution in [1.29, 1.82) is 0 Å². The van der Waals surface area contributed by atoms with Crippen molar-refractivity contribution in [2.24, 2.45) is 5.16 Å². The van der Waals surface area contributed by atoms with E-state index < -0.39 is 0 Å². The van der Waals surface area contributed by atoms with Crippen LogP contribution >= 0.6 is 0 Å². The molecule has 0 radical (unpaired) electrons. The molecule has 0 spiro atoms. The number of hydrogen-bond acceptors (Lipinski definition) is 3. The number of nitrogen functional groups attached to an aromatic ring is 1. The van der Waals surface area contributed by atoms with Gasteiger partial charge < -0.3 is 10.9 Å². The van der Waals surface area contributed by atoms with Crippen LogP contribution in [0.15, 0.2) is 29.4 Å². The maximum absolute atomic E-state index is 8.61. The first-order valence-corrected chi connectivity index (χ1v) is 3.84. The monoisotopic (exact) mass is 164 g/mol. The molecule has 0 fully saturated rings. The van der Waals surface area contributed by atoms with Gasteiger partial charge in [0.25, 0.3) is 0 Å². The molecular weight excluding hydrogens is 152 g/mol. The molecule has 12 heavy (non-hydrogen) atoms. The first-order valence-electron chi connectivity index (χ1n) is 3.84. The van der Waals surface area contributed by atoms with Crippen molar-refractivity contribution >= 4 is 11.4 Å². The van der Waals surface area contributed by atoms with Crippen LogP contribution < -0.4 is 5.73 Å². The molecule has 0 aromatic heterocycles. The number of nitrogens with two attached hydrogens (primary N) is 1. The SMILES string of the molecule is CC/C(=N/O)c1ccc(N)cc1. The van der Waals surface area contributed by atoms with Crippen LogP contribution in [0.5, 0.6) is 0 Å². The molecule has 0 unspecified atom stereocenters. The van der Waals surface area contributed by atoms with E-state index in [4.69, 9.17) is 10.9 Å². The van der Waals surface area contributed by atoms with E-state index in [-0.39, 0.29) is 0 Å².